The van der Waals surface area contributed by atoms with Crippen molar-refractivity contribution in [1.29, 1.82) is 0 Å². The molecule has 0 radical (unpaired) electrons. The van der Waals surface area contributed by atoms with Crippen LogP contribution in [0.15, 0.2) is 59.9 Å². The van der Waals surface area contributed by atoms with Gasteiger partial charge in [0.2, 0.25) is 11.8 Å². The van der Waals surface area contributed by atoms with Crippen molar-refractivity contribution in [2.24, 2.45) is 0 Å². The molecule has 2 aliphatic rings. The summed E-state index contributed by atoms with van der Waals surface area (Å²) in [6, 6.07) is 11.6. The van der Waals surface area contributed by atoms with Gasteiger partial charge in [-0.25, -0.2) is 18.7 Å². The number of aromatic nitrogens is 3. The van der Waals surface area contributed by atoms with Crippen molar-refractivity contribution in [3.05, 3.63) is 87.6 Å². The SMILES string of the molecule is C=CC(=O)N1CCN(c2nc(=O)n3c4nc(c(Cl)cc24)-c2c(F)cccc2NC(=O)Cc2cccc(C(C)C)c2-3)CC1. The fraction of sp³-hybridized carbons (Fsp3) is 0.258. The van der Waals surface area contributed by atoms with Gasteiger partial charge in [0, 0.05) is 26.2 Å². The minimum absolute atomic E-state index is 0.00773. The maximum atomic E-state index is 15.4. The number of nitrogens with one attached hydrogen (secondary N) is 1. The highest BCUT2D eigenvalue weighted by Crippen LogP contribution is 2.39. The summed E-state index contributed by atoms with van der Waals surface area (Å²) in [6.45, 7) is 9.26. The molecular formula is C31H28ClFN6O3. The molecule has 0 saturated carbocycles. The van der Waals surface area contributed by atoms with Crippen molar-refractivity contribution < 1.29 is 14.0 Å². The van der Waals surface area contributed by atoms with Crippen LogP contribution in [0.1, 0.15) is 30.9 Å². The molecule has 1 N–H and O–H groups in total. The quantitative estimate of drug-likeness (QED) is 0.350. The zero-order valence-electron chi connectivity index (χ0n) is 23.2. The van der Waals surface area contributed by atoms with E-state index in [0.717, 1.165) is 5.56 Å². The minimum Gasteiger partial charge on any atom is -0.352 e. The van der Waals surface area contributed by atoms with E-state index in [4.69, 9.17) is 16.6 Å². The molecule has 0 aliphatic carbocycles. The molecule has 4 heterocycles. The van der Waals surface area contributed by atoms with Crippen molar-refractivity contribution in [2.45, 2.75) is 26.2 Å². The Hall–Kier alpha value is -4.57. The van der Waals surface area contributed by atoms with Crippen LogP contribution in [0.25, 0.3) is 28.0 Å². The second-order valence-electron chi connectivity index (χ2n) is 10.7. The molecule has 2 aromatic heterocycles. The van der Waals surface area contributed by atoms with Gasteiger partial charge < -0.3 is 15.1 Å². The summed E-state index contributed by atoms with van der Waals surface area (Å²) in [5.41, 5.74) is 1.95. The van der Waals surface area contributed by atoms with E-state index in [2.05, 4.69) is 16.9 Å². The lowest BCUT2D eigenvalue weighted by atomic mass is 9.95. The number of rotatable bonds is 3. The van der Waals surface area contributed by atoms with Gasteiger partial charge in [-0.15, -0.1) is 0 Å². The van der Waals surface area contributed by atoms with E-state index in [9.17, 15) is 14.4 Å². The Balaban J connectivity index is 1.68. The normalized spacial score (nSPS) is 14.8. The summed E-state index contributed by atoms with van der Waals surface area (Å²) in [7, 11) is 0. The number of nitrogens with zero attached hydrogens (tertiary/aromatic N) is 5. The number of amides is 2. The average molecular weight is 587 g/mol. The first kappa shape index (κ1) is 27.6. The highest BCUT2D eigenvalue weighted by atomic mass is 35.5. The van der Waals surface area contributed by atoms with E-state index in [1.807, 2.05) is 30.9 Å². The summed E-state index contributed by atoms with van der Waals surface area (Å²) >= 11 is 6.81. The van der Waals surface area contributed by atoms with Crippen molar-refractivity contribution in [3.8, 4) is 16.9 Å². The fourth-order valence-corrected chi connectivity index (χ4v) is 5.97. The van der Waals surface area contributed by atoms with Crippen LogP contribution in [-0.4, -0.2) is 57.4 Å². The highest BCUT2D eigenvalue weighted by molar-refractivity contribution is 6.34. The molecule has 2 aromatic carbocycles. The summed E-state index contributed by atoms with van der Waals surface area (Å²) < 4.78 is 16.8. The molecule has 0 spiro atoms. The number of carbonyl (C=O) groups excluding carboxylic acids is 2. The van der Waals surface area contributed by atoms with Gasteiger partial charge in [-0.1, -0.05) is 56.3 Å². The molecule has 2 amide bonds. The van der Waals surface area contributed by atoms with Gasteiger partial charge in [0.25, 0.3) is 0 Å². The van der Waals surface area contributed by atoms with Crippen molar-refractivity contribution >= 4 is 46.0 Å². The zero-order valence-corrected chi connectivity index (χ0v) is 23.9. The van der Waals surface area contributed by atoms with Gasteiger partial charge in [0.1, 0.15) is 11.6 Å². The standard InChI is InChI=1S/C31H28ClFN6O3/c1-4-25(41)37-11-13-38(14-12-37)29-20-16-21(32)27-26-22(33)9-6-10-23(26)34-24(40)15-18-7-5-8-19(17(2)3)28(18)39(30(20)35-27)31(42)36-29/h4-10,16-17H,1,11-15H2,2-3H3,(H,34,40). The molecule has 1 fully saturated rings. The summed E-state index contributed by atoms with van der Waals surface area (Å²) in [4.78, 5) is 52.5. The summed E-state index contributed by atoms with van der Waals surface area (Å²) in [5, 5.41) is 3.45. The molecule has 0 unspecified atom stereocenters. The van der Waals surface area contributed by atoms with Crippen LogP contribution in [0.4, 0.5) is 15.9 Å². The second kappa shape index (κ2) is 10.7. The number of pyridine rings is 1. The molecular weight excluding hydrogens is 559 g/mol. The lowest BCUT2D eigenvalue weighted by Crippen LogP contribution is -2.49. The van der Waals surface area contributed by atoms with Crippen LogP contribution >= 0.6 is 11.6 Å². The van der Waals surface area contributed by atoms with Crippen molar-refractivity contribution in [2.75, 3.05) is 36.4 Å². The molecule has 0 atom stereocenters. The van der Waals surface area contributed by atoms with Gasteiger partial charge in [-0.05, 0) is 41.3 Å². The number of benzene rings is 2. The lowest BCUT2D eigenvalue weighted by Gasteiger charge is -2.35. The lowest BCUT2D eigenvalue weighted by molar-refractivity contribution is -0.126. The van der Waals surface area contributed by atoms with Gasteiger partial charge in [0.05, 0.1) is 39.5 Å². The van der Waals surface area contributed by atoms with Crippen LogP contribution < -0.4 is 15.9 Å². The average Bonchev–Trinajstić information content (AvgIpc) is 2.98. The summed E-state index contributed by atoms with van der Waals surface area (Å²) in [5.74, 6) is -0.793. The first-order valence-corrected chi connectivity index (χ1v) is 14.1. The second-order valence-corrected chi connectivity index (χ2v) is 11.1. The first-order valence-electron chi connectivity index (χ1n) is 13.7. The summed E-state index contributed by atoms with van der Waals surface area (Å²) in [6.07, 6.45) is 1.22. The molecule has 2 aliphatic heterocycles. The van der Waals surface area contributed by atoms with Crippen LogP contribution in [-0.2, 0) is 16.0 Å². The Morgan fingerprint density at radius 3 is 2.55 bits per heavy atom. The van der Waals surface area contributed by atoms with Crippen LogP contribution in [0, 0.1) is 5.82 Å². The van der Waals surface area contributed by atoms with Gasteiger partial charge in [-0.2, -0.15) is 4.98 Å². The number of hydrogen-bond acceptors (Lipinski definition) is 6. The predicted octanol–water partition coefficient (Wildman–Crippen LogP) is 4.69. The maximum Gasteiger partial charge on any atom is 0.355 e. The third-order valence-electron chi connectivity index (χ3n) is 7.74. The van der Waals surface area contributed by atoms with Gasteiger partial charge >= 0.3 is 5.69 Å². The minimum atomic E-state index is -0.618. The van der Waals surface area contributed by atoms with E-state index in [1.165, 1.54) is 22.8 Å². The van der Waals surface area contributed by atoms with Crippen LogP contribution in [0.5, 0.6) is 0 Å². The number of halogens is 2. The number of fused-ring (bicyclic) bond motifs is 5. The van der Waals surface area contributed by atoms with E-state index >= 15 is 4.39 Å². The third kappa shape index (κ3) is 4.61. The van der Waals surface area contributed by atoms with Crippen molar-refractivity contribution in [3.63, 3.8) is 0 Å². The molecule has 42 heavy (non-hydrogen) atoms. The molecule has 214 valence electrons. The Labute approximate surface area is 246 Å². The Morgan fingerprint density at radius 1 is 1.10 bits per heavy atom. The topological polar surface area (TPSA) is 100 Å². The number of piperazine rings is 1. The van der Waals surface area contributed by atoms with Gasteiger partial charge in [0.15, 0.2) is 5.65 Å². The van der Waals surface area contributed by atoms with E-state index in [1.54, 1.807) is 23.1 Å². The van der Waals surface area contributed by atoms with Crippen LogP contribution in [0.2, 0.25) is 5.02 Å². The largest absolute Gasteiger partial charge is 0.355 e. The molecule has 6 rings (SSSR count). The van der Waals surface area contributed by atoms with Crippen LogP contribution in [0.3, 0.4) is 0 Å². The van der Waals surface area contributed by atoms with E-state index in [-0.39, 0.29) is 51.8 Å². The number of carbonyl (C=O) groups is 2. The Kier molecular flexibility index (Phi) is 7.02. The number of anilines is 2. The number of para-hydroxylation sites is 1. The Bertz CT molecular complexity index is 1850. The first-order chi connectivity index (χ1) is 20.2. The number of hydrogen-bond donors (Lipinski definition) is 1. The van der Waals surface area contributed by atoms with E-state index < -0.39 is 11.5 Å². The highest BCUT2D eigenvalue weighted by Gasteiger charge is 2.29. The fourth-order valence-electron chi connectivity index (χ4n) is 5.72. The molecule has 2 bridgehead atoms. The monoisotopic (exact) mass is 586 g/mol. The maximum absolute atomic E-state index is 15.4. The van der Waals surface area contributed by atoms with Gasteiger partial charge in [-0.3, -0.25) is 9.59 Å². The van der Waals surface area contributed by atoms with E-state index in [0.29, 0.717) is 48.6 Å². The zero-order chi connectivity index (χ0) is 29.7. The van der Waals surface area contributed by atoms with Crippen molar-refractivity contribution in [1.82, 2.24) is 19.4 Å². The Morgan fingerprint density at radius 2 is 1.83 bits per heavy atom. The smallest absolute Gasteiger partial charge is 0.352 e. The molecule has 11 heteroatoms. The predicted molar refractivity (Wildman–Crippen MR) is 161 cm³/mol. The molecule has 4 aromatic rings. The third-order valence-corrected chi connectivity index (χ3v) is 8.03. The molecule has 1 saturated heterocycles. The molecule has 9 nitrogen and oxygen atoms in total.